The van der Waals surface area contributed by atoms with Crippen LogP contribution in [-0.2, 0) is 0 Å². The van der Waals surface area contributed by atoms with Crippen LogP contribution in [0.25, 0.3) is 0 Å². The van der Waals surface area contributed by atoms with E-state index in [4.69, 9.17) is 0 Å². The summed E-state index contributed by atoms with van der Waals surface area (Å²) in [5.74, 6) is 0. The zero-order valence-corrected chi connectivity index (χ0v) is 11.9. The quantitative estimate of drug-likeness (QED) is 0.495. The topological polar surface area (TPSA) is 0 Å². The number of allylic oxidation sites excluding steroid dienone is 10. The normalized spacial score (nSPS) is 28.7. The first-order valence-corrected chi connectivity index (χ1v) is 6.83. The minimum Gasteiger partial charge on any atom is -0.0793 e. The summed E-state index contributed by atoms with van der Waals surface area (Å²) in [6.07, 6.45) is 11.2. The van der Waals surface area contributed by atoms with Crippen LogP contribution in [-0.4, -0.2) is 0 Å². The molecule has 0 atom stereocenters. The van der Waals surface area contributed by atoms with Crippen molar-refractivity contribution in [1.82, 2.24) is 0 Å². The molecular weight excluding hydrogens is 211 g/mol. The van der Waals surface area contributed by atoms with E-state index >= 15 is 0 Å². The maximum absolute atomic E-state index is 2.24. The van der Waals surface area contributed by atoms with Gasteiger partial charge in [0.2, 0.25) is 0 Å². The molecule has 1 heteroatoms. The molecule has 1 aliphatic rings. The predicted octanol–water partition coefficient (Wildman–Crippen LogP) is 5.33. The molecule has 0 aliphatic carbocycles. The van der Waals surface area contributed by atoms with Crippen molar-refractivity contribution < 1.29 is 0 Å². The van der Waals surface area contributed by atoms with E-state index < -0.39 is 0 Å². The second kappa shape index (κ2) is 6.01. The van der Waals surface area contributed by atoms with Crippen molar-refractivity contribution in [2.24, 2.45) is 0 Å². The zero-order chi connectivity index (χ0) is 12.1. The molecule has 0 bridgehead atoms. The molecule has 0 nitrogen and oxygen atoms in total. The molecule has 0 N–H and O–H groups in total. The van der Waals surface area contributed by atoms with Crippen molar-refractivity contribution in [2.75, 3.05) is 0 Å². The first-order chi connectivity index (χ1) is 7.73. The van der Waals surface area contributed by atoms with Crippen LogP contribution in [0.3, 0.4) is 0 Å². The van der Waals surface area contributed by atoms with Gasteiger partial charge in [0.25, 0.3) is 0 Å². The largest absolute Gasteiger partial charge is 0.0793 e. The Morgan fingerprint density at radius 1 is 0.562 bits per heavy atom. The maximum atomic E-state index is 2.24. The van der Waals surface area contributed by atoms with E-state index in [0.29, 0.717) is 0 Å². The molecular formula is C15H21P. The molecule has 16 heavy (non-hydrogen) atoms. The number of hydrogen-bond donors (Lipinski definition) is 0. The van der Waals surface area contributed by atoms with E-state index in [2.05, 4.69) is 65.0 Å². The van der Waals surface area contributed by atoms with Gasteiger partial charge in [-0.2, -0.15) is 0 Å². The Morgan fingerprint density at radius 2 is 0.938 bits per heavy atom. The smallest absolute Gasteiger partial charge is 0.0148 e. The van der Waals surface area contributed by atoms with E-state index in [9.17, 15) is 0 Å². The van der Waals surface area contributed by atoms with E-state index in [1.54, 1.807) is 0 Å². The van der Waals surface area contributed by atoms with Crippen LogP contribution in [0.4, 0.5) is 0 Å². The van der Waals surface area contributed by atoms with Crippen LogP contribution in [0, 0.1) is 0 Å². The summed E-state index contributed by atoms with van der Waals surface area (Å²) in [4.78, 5) is 0. The molecule has 1 heterocycles. The van der Waals surface area contributed by atoms with E-state index in [-0.39, 0.29) is 0 Å². The Kier molecular flexibility index (Phi) is 4.96. The van der Waals surface area contributed by atoms with Gasteiger partial charge in [0, 0.05) is 0 Å². The van der Waals surface area contributed by atoms with Crippen molar-refractivity contribution in [3.8, 4) is 0 Å². The molecule has 0 aromatic heterocycles. The Hall–Kier alpha value is -0.870. The van der Waals surface area contributed by atoms with Crippen LogP contribution >= 0.6 is 8.58 Å². The minimum atomic E-state index is 0.792. The lowest BCUT2D eigenvalue weighted by atomic mass is 9.95. The maximum Gasteiger partial charge on any atom is -0.0148 e. The van der Waals surface area contributed by atoms with Gasteiger partial charge in [-0.1, -0.05) is 39.0 Å². The van der Waals surface area contributed by atoms with Crippen LogP contribution in [0.2, 0.25) is 0 Å². The van der Waals surface area contributed by atoms with Gasteiger partial charge in [0.15, 0.2) is 0 Å². The highest BCUT2D eigenvalue weighted by Gasteiger charge is 2.22. The summed E-state index contributed by atoms with van der Waals surface area (Å²) in [5.41, 5.74) is 4.19. The van der Waals surface area contributed by atoms with Gasteiger partial charge in [-0.25, -0.2) is 0 Å². The van der Waals surface area contributed by atoms with E-state index in [1.807, 2.05) is 0 Å². The molecule has 0 radical (unpaired) electrons. The molecule has 0 amide bonds. The third kappa shape index (κ3) is 2.28. The molecule has 0 unspecified atom stereocenters. The van der Waals surface area contributed by atoms with Crippen molar-refractivity contribution >= 4 is 8.58 Å². The fraction of sp³-hybridized carbons (Fsp3) is 0.333. The summed E-state index contributed by atoms with van der Waals surface area (Å²) >= 11 is 0. The van der Waals surface area contributed by atoms with Crippen molar-refractivity contribution in [3.05, 3.63) is 57.7 Å². The summed E-state index contributed by atoms with van der Waals surface area (Å²) in [5, 5.41) is 2.93. The van der Waals surface area contributed by atoms with Crippen LogP contribution < -0.4 is 0 Å². The lowest BCUT2D eigenvalue weighted by molar-refractivity contribution is 1.33. The van der Waals surface area contributed by atoms with Crippen molar-refractivity contribution in [3.63, 3.8) is 0 Å². The van der Waals surface area contributed by atoms with Crippen LogP contribution in [0.1, 0.15) is 34.6 Å². The molecule has 0 aromatic rings. The second-order valence-electron chi connectivity index (χ2n) is 3.64. The SMILES string of the molecule is CC=C1PC(=CC)C(=CC)C(=CC)C1=CC. The number of hydrogen-bond acceptors (Lipinski definition) is 0. The molecule has 0 aromatic carbocycles. The average molecular weight is 232 g/mol. The predicted molar refractivity (Wildman–Crippen MR) is 77.1 cm³/mol. The van der Waals surface area contributed by atoms with Crippen LogP contribution in [0.5, 0.6) is 0 Å². The van der Waals surface area contributed by atoms with Gasteiger partial charge in [-0.15, -0.1) is 0 Å². The summed E-state index contributed by atoms with van der Waals surface area (Å²) in [7, 11) is 0.792. The lowest BCUT2D eigenvalue weighted by Gasteiger charge is -2.27. The van der Waals surface area contributed by atoms with Crippen molar-refractivity contribution in [1.29, 1.82) is 0 Å². The summed E-state index contributed by atoms with van der Waals surface area (Å²) in [6, 6.07) is 0. The van der Waals surface area contributed by atoms with Crippen molar-refractivity contribution in [2.45, 2.75) is 34.6 Å². The summed E-state index contributed by atoms with van der Waals surface area (Å²) < 4.78 is 0. The molecule has 0 spiro atoms. The Morgan fingerprint density at radius 3 is 1.19 bits per heavy atom. The third-order valence-corrected chi connectivity index (χ3v) is 4.53. The van der Waals surface area contributed by atoms with Crippen LogP contribution in [0.15, 0.2) is 57.7 Å². The molecule has 86 valence electrons. The minimum absolute atomic E-state index is 0.792. The number of rotatable bonds is 0. The van der Waals surface area contributed by atoms with E-state index in [1.165, 1.54) is 27.3 Å². The first kappa shape index (κ1) is 13.2. The second-order valence-corrected chi connectivity index (χ2v) is 4.96. The molecule has 1 rings (SSSR count). The highest BCUT2D eigenvalue weighted by molar-refractivity contribution is 7.49. The molecule has 1 fully saturated rings. The standard InChI is InChI=1S/C15H21P/c1-6-11-12(7-2)14(9-4)16-15(10-5)13(11)8-3/h6-10,16H,1-5H3. The third-order valence-electron chi connectivity index (χ3n) is 2.87. The Balaban J connectivity index is 3.39. The fourth-order valence-electron chi connectivity index (χ4n) is 2.10. The molecule has 1 saturated heterocycles. The molecule has 1 aliphatic heterocycles. The monoisotopic (exact) mass is 232 g/mol. The first-order valence-electron chi connectivity index (χ1n) is 5.83. The Bertz CT molecular complexity index is 379. The van der Waals surface area contributed by atoms with Gasteiger partial charge < -0.3 is 0 Å². The lowest BCUT2D eigenvalue weighted by Crippen LogP contribution is -2.03. The van der Waals surface area contributed by atoms with E-state index in [0.717, 1.165) is 8.58 Å². The average Bonchev–Trinajstić information content (AvgIpc) is 2.35. The zero-order valence-electron chi connectivity index (χ0n) is 10.9. The highest BCUT2D eigenvalue weighted by Crippen LogP contribution is 2.51. The fourth-order valence-corrected chi connectivity index (χ4v) is 3.51. The van der Waals surface area contributed by atoms with Gasteiger partial charge in [0.05, 0.1) is 0 Å². The van der Waals surface area contributed by atoms with Gasteiger partial charge in [-0.05, 0) is 62.0 Å². The van der Waals surface area contributed by atoms with Gasteiger partial charge in [-0.3, -0.25) is 0 Å². The highest BCUT2D eigenvalue weighted by atomic mass is 31.1. The van der Waals surface area contributed by atoms with Gasteiger partial charge in [0.1, 0.15) is 0 Å². The van der Waals surface area contributed by atoms with Gasteiger partial charge >= 0.3 is 0 Å². The summed E-state index contributed by atoms with van der Waals surface area (Å²) in [6.45, 7) is 10.6. The Labute approximate surface area is 101 Å². The molecule has 0 saturated carbocycles.